The molecule has 3 aromatic rings. The van der Waals surface area contributed by atoms with Gasteiger partial charge in [0, 0.05) is 6.61 Å². The molecule has 0 spiro atoms. The van der Waals surface area contributed by atoms with E-state index in [-0.39, 0.29) is 6.23 Å². The second-order valence-electron chi connectivity index (χ2n) is 6.52. The maximum atomic E-state index is 6.19. The summed E-state index contributed by atoms with van der Waals surface area (Å²) in [6.45, 7) is 5.46. The lowest BCUT2D eigenvalue weighted by molar-refractivity contribution is -0.0393. The quantitative estimate of drug-likeness (QED) is 0.756. The van der Waals surface area contributed by atoms with E-state index in [2.05, 4.69) is 22.0 Å². The molecule has 2 N–H and O–H groups in total. The van der Waals surface area contributed by atoms with Crippen molar-refractivity contribution in [3.05, 3.63) is 23.9 Å². The zero-order chi connectivity index (χ0) is 18.1. The summed E-state index contributed by atoms with van der Waals surface area (Å²) in [6, 6.07) is 3.99. The number of nitrogens with two attached hydrogens (primary N) is 1. The second kappa shape index (κ2) is 6.99. The highest BCUT2D eigenvalue weighted by atomic mass is 16.5. The smallest absolute Gasteiger partial charge is 0.150 e. The van der Waals surface area contributed by atoms with Crippen molar-refractivity contribution in [3.63, 3.8) is 0 Å². The van der Waals surface area contributed by atoms with Crippen molar-refractivity contribution < 1.29 is 9.47 Å². The summed E-state index contributed by atoms with van der Waals surface area (Å²) in [7, 11) is 0. The highest BCUT2D eigenvalue weighted by Crippen LogP contribution is 2.30. The standard InChI is InChI=1S/C19H24N5O2/c1-3-12-9-14-15(10-16(12)25-4-2)22-19(21-14)18-13(20)11-24(23-18)17-7-5-6-8-26-17/h9-11,17H,3-8,20H2,1-2H3/q-1. The molecule has 1 unspecified atom stereocenters. The van der Waals surface area contributed by atoms with E-state index in [4.69, 9.17) is 15.2 Å². The third kappa shape index (κ3) is 3.03. The van der Waals surface area contributed by atoms with Crippen LogP contribution in [0.3, 0.4) is 0 Å². The molecule has 0 radical (unpaired) electrons. The first kappa shape index (κ1) is 16.9. The first-order chi connectivity index (χ1) is 12.7. The van der Waals surface area contributed by atoms with Gasteiger partial charge >= 0.3 is 0 Å². The molecule has 1 saturated heterocycles. The SMILES string of the molecule is CCOc1cc2[n-]c(-c3nn(C4CCCCO4)cc3N)nc2cc1CC. The maximum absolute atomic E-state index is 6.19. The number of nitrogen functional groups attached to an aromatic ring is 1. The maximum Gasteiger partial charge on any atom is 0.150 e. The molecule has 4 rings (SSSR count). The third-order valence-corrected chi connectivity index (χ3v) is 4.71. The Morgan fingerprint density at radius 1 is 1.35 bits per heavy atom. The van der Waals surface area contributed by atoms with Crippen LogP contribution in [-0.4, -0.2) is 28.0 Å². The first-order valence-electron chi connectivity index (χ1n) is 9.26. The minimum Gasteiger partial charge on any atom is -0.494 e. The number of ether oxygens (including phenoxy) is 2. The Kier molecular flexibility index (Phi) is 4.55. The van der Waals surface area contributed by atoms with Gasteiger partial charge in [-0.25, -0.2) is 4.68 Å². The molecule has 138 valence electrons. The van der Waals surface area contributed by atoms with E-state index >= 15 is 0 Å². The number of fused-ring (bicyclic) bond motifs is 1. The van der Waals surface area contributed by atoms with E-state index in [0.29, 0.717) is 23.8 Å². The normalized spacial score (nSPS) is 17.7. The molecule has 0 aliphatic carbocycles. The van der Waals surface area contributed by atoms with Crippen molar-refractivity contribution in [2.24, 2.45) is 0 Å². The highest BCUT2D eigenvalue weighted by Gasteiger charge is 2.18. The van der Waals surface area contributed by atoms with E-state index in [0.717, 1.165) is 54.6 Å². The van der Waals surface area contributed by atoms with Gasteiger partial charge in [0.15, 0.2) is 0 Å². The van der Waals surface area contributed by atoms with Gasteiger partial charge in [0.2, 0.25) is 0 Å². The van der Waals surface area contributed by atoms with Crippen LogP contribution in [0, 0.1) is 0 Å². The molecule has 1 aliphatic rings. The monoisotopic (exact) mass is 354 g/mol. The van der Waals surface area contributed by atoms with Crippen LogP contribution in [0.4, 0.5) is 5.69 Å². The second-order valence-corrected chi connectivity index (χ2v) is 6.52. The van der Waals surface area contributed by atoms with Gasteiger partial charge in [0.25, 0.3) is 0 Å². The largest absolute Gasteiger partial charge is 0.494 e. The van der Waals surface area contributed by atoms with Crippen LogP contribution in [0.25, 0.3) is 22.6 Å². The highest BCUT2D eigenvalue weighted by molar-refractivity contribution is 5.83. The van der Waals surface area contributed by atoms with Gasteiger partial charge in [0.1, 0.15) is 17.7 Å². The van der Waals surface area contributed by atoms with Gasteiger partial charge in [-0.15, -0.1) is 0 Å². The van der Waals surface area contributed by atoms with Crippen LogP contribution >= 0.6 is 0 Å². The fourth-order valence-corrected chi connectivity index (χ4v) is 3.36. The molecule has 7 heteroatoms. The van der Waals surface area contributed by atoms with Crippen LogP contribution in [-0.2, 0) is 11.2 Å². The molecular formula is C19H24N5O2-. The molecule has 3 heterocycles. The van der Waals surface area contributed by atoms with Gasteiger partial charge in [0.05, 0.1) is 18.5 Å². The molecule has 2 aromatic heterocycles. The van der Waals surface area contributed by atoms with E-state index in [1.807, 2.05) is 25.3 Å². The summed E-state index contributed by atoms with van der Waals surface area (Å²) in [6.07, 6.45) is 5.82. The zero-order valence-electron chi connectivity index (χ0n) is 15.2. The van der Waals surface area contributed by atoms with Crippen LogP contribution in [0.1, 0.15) is 44.9 Å². The van der Waals surface area contributed by atoms with Crippen molar-refractivity contribution in [2.75, 3.05) is 18.9 Å². The number of benzene rings is 1. The lowest BCUT2D eigenvalue weighted by Gasteiger charge is -2.22. The van der Waals surface area contributed by atoms with E-state index in [9.17, 15) is 0 Å². The Hall–Kier alpha value is -2.54. The van der Waals surface area contributed by atoms with Crippen molar-refractivity contribution in [2.45, 2.75) is 45.8 Å². The summed E-state index contributed by atoms with van der Waals surface area (Å²) in [5, 5.41) is 4.61. The number of imidazole rings is 1. The van der Waals surface area contributed by atoms with Gasteiger partial charge in [-0.2, -0.15) is 5.10 Å². The Labute approximate surface area is 152 Å². The molecule has 26 heavy (non-hydrogen) atoms. The molecule has 1 aliphatic heterocycles. The van der Waals surface area contributed by atoms with Gasteiger partial charge < -0.3 is 25.2 Å². The first-order valence-corrected chi connectivity index (χ1v) is 9.26. The number of aromatic nitrogens is 4. The summed E-state index contributed by atoms with van der Waals surface area (Å²) >= 11 is 0. The van der Waals surface area contributed by atoms with Gasteiger partial charge in [-0.05, 0) is 61.1 Å². The predicted molar refractivity (Wildman–Crippen MR) is 100 cm³/mol. The average Bonchev–Trinajstić information content (AvgIpc) is 3.24. The summed E-state index contributed by atoms with van der Waals surface area (Å²) in [5.74, 6) is 1.41. The number of rotatable bonds is 5. The molecular weight excluding hydrogens is 330 g/mol. The van der Waals surface area contributed by atoms with Crippen molar-refractivity contribution >= 4 is 16.7 Å². The fraction of sp³-hybridized carbons (Fsp3) is 0.474. The van der Waals surface area contributed by atoms with Gasteiger partial charge in [-0.3, -0.25) is 0 Å². The number of hydrogen-bond donors (Lipinski definition) is 1. The number of hydrogen-bond acceptors (Lipinski definition) is 5. The van der Waals surface area contributed by atoms with Crippen LogP contribution < -0.4 is 15.5 Å². The predicted octanol–water partition coefficient (Wildman–Crippen LogP) is 3.30. The summed E-state index contributed by atoms with van der Waals surface area (Å²) < 4.78 is 13.3. The lowest BCUT2D eigenvalue weighted by Crippen LogP contribution is -2.18. The molecule has 1 aromatic carbocycles. The molecule has 0 amide bonds. The Balaban J connectivity index is 1.71. The molecule has 1 atom stereocenters. The van der Waals surface area contributed by atoms with Crippen molar-refractivity contribution in [1.29, 1.82) is 0 Å². The van der Waals surface area contributed by atoms with Crippen LogP contribution in [0.15, 0.2) is 18.3 Å². The molecule has 0 bridgehead atoms. The van der Waals surface area contributed by atoms with Crippen molar-refractivity contribution in [3.8, 4) is 17.3 Å². The van der Waals surface area contributed by atoms with Crippen LogP contribution in [0.5, 0.6) is 5.75 Å². The minimum atomic E-state index is -0.0552. The van der Waals surface area contributed by atoms with E-state index in [1.54, 1.807) is 4.68 Å². The topological polar surface area (TPSA) is 89.3 Å². The average molecular weight is 354 g/mol. The number of aryl methyl sites for hydroxylation is 1. The van der Waals surface area contributed by atoms with Gasteiger partial charge in [-0.1, -0.05) is 13.0 Å². The molecule has 7 nitrogen and oxygen atoms in total. The van der Waals surface area contributed by atoms with Crippen LogP contribution in [0.2, 0.25) is 0 Å². The third-order valence-electron chi connectivity index (χ3n) is 4.71. The minimum absolute atomic E-state index is 0.0552. The Morgan fingerprint density at radius 2 is 2.23 bits per heavy atom. The number of anilines is 1. The molecule has 0 saturated carbocycles. The Bertz CT molecular complexity index is 908. The Morgan fingerprint density at radius 3 is 2.96 bits per heavy atom. The van der Waals surface area contributed by atoms with E-state index < -0.39 is 0 Å². The summed E-state index contributed by atoms with van der Waals surface area (Å²) in [4.78, 5) is 9.28. The van der Waals surface area contributed by atoms with Crippen molar-refractivity contribution in [1.82, 2.24) is 19.7 Å². The zero-order valence-corrected chi connectivity index (χ0v) is 15.2. The van der Waals surface area contributed by atoms with E-state index in [1.165, 1.54) is 0 Å². The summed E-state index contributed by atoms with van der Waals surface area (Å²) in [5.41, 5.74) is 10.1. The molecule has 1 fully saturated rings. The number of nitrogens with zero attached hydrogens (tertiary/aromatic N) is 4. The lowest BCUT2D eigenvalue weighted by atomic mass is 10.1. The fourth-order valence-electron chi connectivity index (χ4n) is 3.36.